The average molecular weight is 240 g/mol. The summed E-state index contributed by atoms with van der Waals surface area (Å²) >= 11 is 0. The van der Waals surface area contributed by atoms with Crippen molar-refractivity contribution in [2.45, 2.75) is 71.8 Å². The van der Waals surface area contributed by atoms with Crippen molar-refractivity contribution in [3.8, 4) is 0 Å². The molecule has 0 amide bonds. The predicted molar refractivity (Wildman–Crippen MR) is 71.1 cm³/mol. The molecule has 17 heavy (non-hydrogen) atoms. The van der Waals surface area contributed by atoms with Gasteiger partial charge in [-0.1, -0.05) is 33.1 Å². The van der Waals surface area contributed by atoms with Gasteiger partial charge in [0.15, 0.2) is 5.78 Å². The molecule has 1 rings (SSSR count). The quantitative estimate of drug-likeness (QED) is 0.702. The van der Waals surface area contributed by atoms with Crippen molar-refractivity contribution in [3.63, 3.8) is 0 Å². The Hall–Kier alpha value is -0.370. The lowest BCUT2D eigenvalue weighted by atomic mass is 9.71. The van der Waals surface area contributed by atoms with Crippen LogP contribution in [0.1, 0.15) is 66.2 Å². The van der Waals surface area contributed by atoms with E-state index in [2.05, 4.69) is 13.8 Å². The highest BCUT2D eigenvalue weighted by Crippen LogP contribution is 2.36. The highest BCUT2D eigenvalue weighted by atomic mass is 16.5. The smallest absolute Gasteiger partial charge is 0.167 e. The van der Waals surface area contributed by atoms with Crippen LogP contribution in [0, 0.1) is 11.8 Å². The van der Waals surface area contributed by atoms with E-state index in [1.54, 1.807) is 0 Å². The highest BCUT2D eigenvalue weighted by molar-refractivity contribution is 5.89. The van der Waals surface area contributed by atoms with E-state index in [1.807, 2.05) is 13.8 Å². The van der Waals surface area contributed by atoms with Gasteiger partial charge in [-0.05, 0) is 39.0 Å². The van der Waals surface area contributed by atoms with Crippen LogP contribution in [0.15, 0.2) is 0 Å². The van der Waals surface area contributed by atoms with Crippen LogP contribution in [-0.4, -0.2) is 18.0 Å². The summed E-state index contributed by atoms with van der Waals surface area (Å²) in [5.74, 6) is 1.18. The van der Waals surface area contributed by atoms with E-state index < -0.39 is 5.60 Å². The summed E-state index contributed by atoms with van der Waals surface area (Å²) in [6.07, 6.45) is 6.70. The molecular weight excluding hydrogens is 212 g/mol. The molecule has 0 aromatic heterocycles. The van der Waals surface area contributed by atoms with E-state index in [9.17, 15) is 4.79 Å². The third-order valence-electron chi connectivity index (χ3n) is 4.43. The third-order valence-corrected chi connectivity index (χ3v) is 4.43. The average Bonchev–Trinajstić information content (AvgIpc) is 2.38. The molecule has 100 valence electrons. The lowest BCUT2D eigenvalue weighted by Crippen LogP contribution is -2.45. The minimum Gasteiger partial charge on any atom is -0.368 e. The first-order valence-electron chi connectivity index (χ1n) is 7.27. The Morgan fingerprint density at radius 2 is 1.88 bits per heavy atom. The van der Waals surface area contributed by atoms with Gasteiger partial charge < -0.3 is 4.74 Å². The zero-order chi connectivity index (χ0) is 12.9. The second-order valence-electron chi connectivity index (χ2n) is 5.44. The Labute approximate surface area is 106 Å². The van der Waals surface area contributed by atoms with Crippen LogP contribution in [0.2, 0.25) is 0 Å². The minimum absolute atomic E-state index is 0.241. The molecule has 0 spiro atoms. The SMILES string of the molecule is CCOC(C)(CC)C(=O)C1CCCCC1CC. The molecule has 1 aliphatic carbocycles. The number of hydrogen-bond donors (Lipinski definition) is 0. The van der Waals surface area contributed by atoms with Gasteiger partial charge in [0, 0.05) is 12.5 Å². The van der Waals surface area contributed by atoms with Crippen molar-refractivity contribution in [3.05, 3.63) is 0 Å². The maximum Gasteiger partial charge on any atom is 0.167 e. The molecule has 3 unspecified atom stereocenters. The number of carbonyl (C=O) groups excluding carboxylic acids is 1. The zero-order valence-corrected chi connectivity index (χ0v) is 11.9. The molecule has 0 N–H and O–H groups in total. The van der Waals surface area contributed by atoms with Crippen molar-refractivity contribution in [2.75, 3.05) is 6.61 Å². The fourth-order valence-corrected chi connectivity index (χ4v) is 3.10. The van der Waals surface area contributed by atoms with Crippen LogP contribution in [0.3, 0.4) is 0 Å². The normalized spacial score (nSPS) is 28.7. The van der Waals surface area contributed by atoms with E-state index in [4.69, 9.17) is 4.74 Å². The summed E-state index contributed by atoms with van der Waals surface area (Å²) in [5, 5.41) is 0. The molecule has 0 saturated heterocycles. The van der Waals surface area contributed by atoms with Crippen molar-refractivity contribution in [2.24, 2.45) is 11.8 Å². The lowest BCUT2D eigenvalue weighted by Gasteiger charge is -2.36. The van der Waals surface area contributed by atoms with E-state index in [1.165, 1.54) is 19.3 Å². The van der Waals surface area contributed by atoms with Crippen LogP contribution in [-0.2, 0) is 9.53 Å². The molecule has 3 atom stereocenters. The standard InChI is InChI=1S/C15H28O2/c1-5-12-10-8-9-11-13(12)14(16)15(4,6-2)17-7-3/h12-13H,5-11H2,1-4H3. The van der Waals surface area contributed by atoms with Crippen molar-refractivity contribution < 1.29 is 9.53 Å². The molecule has 0 aromatic rings. The second kappa shape index (κ2) is 6.53. The first-order chi connectivity index (χ1) is 8.09. The number of rotatable bonds is 6. The van der Waals surface area contributed by atoms with Gasteiger partial charge in [0.05, 0.1) is 0 Å². The van der Waals surface area contributed by atoms with Gasteiger partial charge in [0.25, 0.3) is 0 Å². The molecule has 2 nitrogen and oxygen atoms in total. The first-order valence-corrected chi connectivity index (χ1v) is 7.27. The number of ether oxygens (including phenoxy) is 1. The number of carbonyl (C=O) groups is 1. The summed E-state index contributed by atoms with van der Waals surface area (Å²) in [6, 6.07) is 0. The highest BCUT2D eigenvalue weighted by Gasteiger charge is 2.40. The van der Waals surface area contributed by atoms with Crippen LogP contribution in [0.25, 0.3) is 0 Å². The Bertz CT molecular complexity index is 249. The maximum absolute atomic E-state index is 12.7. The molecule has 2 heteroatoms. The Morgan fingerprint density at radius 1 is 1.24 bits per heavy atom. The molecular formula is C15H28O2. The lowest BCUT2D eigenvalue weighted by molar-refractivity contribution is -0.149. The molecule has 0 aromatic carbocycles. The molecule has 0 aliphatic heterocycles. The van der Waals surface area contributed by atoms with E-state index in [-0.39, 0.29) is 5.92 Å². The Kier molecular flexibility index (Phi) is 5.64. The van der Waals surface area contributed by atoms with Gasteiger partial charge in [-0.15, -0.1) is 0 Å². The summed E-state index contributed by atoms with van der Waals surface area (Å²) in [5.41, 5.74) is -0.551. The molecule has 1 fully saturated rings. The van der Waals surface area contributed by atoms with Gasteiger partial charge in [-0.3, -0.25) is 4.79 Å². The summed E-state index contributed by atoms with van der Waals surface area (Å²) in [7, 11) is 0. The third kappa shape index (κ3) is 3.31. The van der Waals surface area contributed by atoms with Gasteiger partial charge in [0.1, 0.15) is 5.60 Å². The molecule has 1 aliphatic rings. The van der Waals surface area contributed by atoms with Crippen molar-refractivity contribution >= 4 is 5.78 Å². The first kappa shape index (κ1) is 14.7. The van der Waals surface area contributed by atoms with Gasteiger partial charge in [-0.2, -0.15) is 0 Å². The largest absolute Gasteiger partial charge is 0.368 e. The zero-order valence-electron chi connectivity index (χ0n) is 11.9. The van der Waals surface area contributed by atoms with Gasteiger partial charge in [0.2, 0.25) is 0 Å². The van der Waals surface area contributed by atoms with Crippen LogP contribution >= 0.6 is 0 Å². The fourth-order valence-electron chi connectivity index (χ4n) is 3.10. The number of Topliss-reactive ketones (excluding diaryl/α,β-unsaturated/α-hetero) is 1. The summed E-state index contributed by atoms with van der Waals surface area (Å²) in [6.45, 7) is 8.83. The number of hydrogen-bond acceptors (Lipinski definition) is 2. The van der Waals surface area contributed by atoms with E-state index in [0.717, 1.165) is 19.3 Å². The number of ketones is 1. The summed E-state index contributed by atoms with van der Waals surface area (Å²) < 4.78 is 5.74. The maximum atomic E-state index is 12.7. The van der Waals surface area contributed by atoms with Crippen molar-refractivity contribution in [1.29, 1.82) is 0 Å². The Morgan fingerprint density at radius 3 is 2.41 bits per heavy atom. The van der Waals surface area contributed by atoms with Gasteiger partial charge in [-0.25, -0.2) is 0 Å². The Balaban J connectivity index is 2.77. The predicted octanol–water partition coefficient (Wildman–Crippen LogP) is 3.98. The summed E-state index contributed by atoms with van der Waals surface area (Å²) in [4.78, 5) is 12.7. The van der Waals surface area contributed by atoms with Gasteiger partial charge >= 0.3 is 0 Å². The van der Waals surface area contributed by atoms with E-state index in [0.29, 0.717) is 18.3 Å². The van der Waals surface area contributed by atoms with Crippen LogP contribution in [0.4, 0.5) is 0 Å². The van der Waals surface area contributed by atoms with E-state index >= 15 is 0 Å². The molecule has 0 heterocycles. The molecule has 1 saturated carbocycles. The van der Waals surface area contributed by atoms with Crippen molar-refractivity contribution in [1.82, 2.24) is 0 Å². The fraction of sp³-hybridized carbons (Fsp3) is 0.933. The molecule has 0 bridgehead atoms. The minimum atomic E-state index is -0.551. The second-order valence-corrected chi connectivity index (χ2v) is 5.44. The molecule has 0 radical (unpaired) electrons. The van der Waals surface area contributed by atoms with Crippen LogP contribution < -0.4 is 0 Å². The monoisotopic (exact) mass is 240 g/mol. The topological polar surface area (TPSA) is 26.3 Å². The van der Waals surface area contributed by atoms with Crippen LogP contribution in [0.5, 0.6) is 0 Å².